The van der Waals surface area contributed by atoms with Gasteiger partial charge in [0.05, 0.1) is 23.2 Å². The number of nitrogens with zero attached hydrogens (tertiary/aromatic N) is 3. The molecular formula is C28H22BrN3O5. The number of carbonyl (C=O) groups is 1. The molecule has 9 heteroatoms. The van der Waals surface area contributed by atoms with Crippen LogP contribution in [-0.2, 0) is 9.53 Å². The summed E-state index contributed by atoms with van der Waals surface area (Å²) in [5.41, 5.74) is 1.41. The first-order chi connectivity index (χ1) is 17.9. The van der Waals surface area contributed by atoms with Gasteiger partial charge < -0.3 is 13.9 Å². The number of benzene rings is 3. The lowest BCUT2D eigenvalue weighted by Gasteiger charge is -2.11. The molecule has 0 N–H and O–H groups in total. The summed E-state index contributed by atoms with van der Waals surface area (Å²) in [7, 11) is 0. The van der Waals surface area contributed by atoms with Gasteiger partial charge in [-0.2, -0.15) is 9.78 Å². The van der Waals surface area contributed by atoms with Gasteiger partial charge in [-0.05, 0) is 62.4 Å². The maximum atomic E-state index is 13.5. The van der Waals surface area contributed by atoms with Gasteiger partial charge in [-0.1, -0.05) is 40.2 Å². The lowest BCUT2D eigenvalue weighted by molar-refractivity contribution is -0.149. The van der Waals surface area contributed by atoms with E-state index in [9.17, 15) is 9.59 Å². The minimum absolute atomic E-state index is 0.238. The molecule has 8 nitrogen and oxygen atoms in total. The van der Waals surface area contributed by atoms with E-state index in [1.807, 2.05) is 30.3 Å². The summed E-state index contributed by atoms with van der Waals surface area (Å²) in [6.07, 6.45) is 1.25. The molecule has 0 spiro atoms. The van der Waals surface area contributed by atoms with Crippen molar-refractivity contribution in [3.8, 4) is 17.3 Å². The van der Waals surface area contributed by atoms with Gasteiger partial charge in [-0.25, -0.2) is 9.78 Å². The summed E-state index contributed by atoms with van der Waals surface area (Å²) in [6, 6.07) is 21.6. The summed E-state index contributed by atoms with van der Waals surface area (Å²) < 4.78 is 18.9. The number of hydrogen-bond donors (Lipinski definition) is 0. The summed E-state index contributed by atoms with van der Waals surface area (Å²) in [4.78, 5) is 30.1. The van der Waals surface area contributed by atoms with Crippen molar-refractivity contribution in [2.24, 2.45) is 5.10 Å². The predicted octanol–water partition coefficient (Wildman–Crippen LogP) is 5.78. The summed E-state index contributed by atoms with van der Waals surface area (Å²) in [5, 5.41) is 5.75. The van der Waals surface area contributed by atoms with Crippen molar-refractivity contribution in [3.05, 3.63) is 93.2 Å². The number of fused-ring (bicyclic) bond motifs is 2. The second-order valence-electron chi connectivity index (χ2n) is 8.47. The molecule has 0 aliphatic heterocycles. The number of carbonyl (C=O) groups excluding carboxylic acids is 1. The molecule has 0 amide bonds. The molecule has 0 radical (unpaired) electrons. The Balaban J connectivity index is 1.57. The average molecular weight is 560 g/mol. The molecule has 3 aromatic carbocycles. The van der Waals surface area contributed by atoms with Gasteiger partial charge >= 0.3 is 5.97 Å². The van der Waals surface area contributed by atoms with E-state index in [0.717, 1.165) is 9.86 Å². The van der Waals surface area contributed by atoms with Gasteiger partial charge in [0.1, 0.15) is 11.3 Å². The number of para-hydroxylation sites is 2. The molecule has 0 saturated heterocycles. The first-order valence-electron chi connectivity index (χ1n) is 11.6. The standard InChI is InChI=1S/C28H22BrN3O5/c1-17(2)36-26(33)16-35-23-10-6-3-7-18(23)15-30-32-27(31-22-9-5-4-8-21(22)28(32)34)25-14-19-13-20(29)11-12-24(19)37-25/h3-15,17H,16H2,1-2H3. The lowest BCUT2D eigenvalue weighted by atomic mass is 10.2. The van der Waals surface area contributed by atoms with Crippen molar-refractivity contribution < 1.29 is 18.7 Å². The molecule has 0 atom stereocenters. The van der Waals surface area contributed by atoms with E-state index in [0.29, 0.717) is 33.6 Å². The molecule has 5 aromatic rings. The molecule has 5 rings (SSSR count). The van der Waals surface area contributed by atoms with E-state index in [4.69, 9.17) is 18.9 Å². The quantitative estimate of drug-likeness (QED) is 0.185. The van der Waals surface area contributed by atoms with Gasteiger partial charge in [0, 0.05) is 15.4 Å². The molecule has 0 aliphatic carbocycles. The van der Waals surface area contributed by atoms with E-state index >= 15 is 0 Å². The second-order valence-corrected chi connectivity index (χ2v) is 9.39. The SMILES string of the molecule is CC(C)OC(=O)COc1ccccc1C=Nn1c(-c2cc3cc(Br)ccc3o2)nc2ccccc2c1=O. The predicted molar refractivity (Wildman–Crippen MR) is 145 cm³/mol. The third kappa shape index (κ3) is 5.31. The highest BCUT2D eigenvalue weighted by Gasteiger charge is 2.17. The maximum absolute atomic E-state index is 13.5. The number of esters is 1. The number of halogens is 1. The van der Waals surface area contributed by atoms with Crippen LogP contribution in [-0.4, -0.2) is 34.6 Å². The Hall–Kier alpha value is -4.24. The van der Waals surface area contributed by atoms with Crippen molar-refractivity contribution in [2.75, 3.05) is 6.61 Å². The van der Waals surface area contributed by atoms with Crippen molar-refractivity contribution >= 4 is 50.0 Å². The van der Waals surface area contributed by atoms with Crippen LogP contribution < -0.4 is 10.3 Å². The number of aromatic nitrogens is 2. The van der Waals surface area contributed by atoms with Crippen molar-refractivity contribution in [3.63, 3.8) is 0 Å². The number of hydrogen-bond acceptors (Lipinski definition) is 7. The van der Waals surface area contributed by atoms with Crippen LogP contribution in [0.1, 0.15) is 19.4 Å². The molecule has 186 valence electrons. The zero-order chi connectivity index (χ0) is 25.9. The van der Waals surface area contributed by atoms with E-state index in [1.54, 1.807) is 56.3 Å². The molecule has 0 saturated carbocycles. The Morgan fingerprint density at radius 2 is 1.89 bits per heavy atom. The highest BCUT2D eigenvalue weighted by molar-refractivity contribution is 9.10. The van der Waals surface area contributed by atoms with Gasteiger partial charge in [-0.3, -0.25) is 4.79 Å². The van der Waals surface area contributed by atoms with Crippen LogP contribution in [0.4, 0.5) is 0 Å². The zero-order valence-corrected chi connectivity index (χ0v) is 21.6. The number of ether oxygens (including phenoxy) is 2. The monoisotopic (exact) mass is 559 g/mol. The highest BCUT2D eigenvalue weighted by Crippen LogP contribution is 2.29. The average Bonchev–Trinajstić information content (AvgIpc) is 3.30. The Labute approximate surface area is 220 Å². The minimum Gasteiger partial charge on any atom is -0.481 e. The van der Waals surface area contributed by atoms with Gasteiger partial charge in [-0.15, -0.1) is 0 Å². The van der Waals surface area contributed by atoms with Crippen LogP contribution in [0, 0.1) is 0 Å². The normalized spacial score (nSPS) is 11.6. The van der Waals surface area contributed by atoms with E-state index in [2.05, 4.69) is 21.0 Å². The van der Waals surface area contributed by atoms with Crippen LogP contribution in [0.25, 0.3) is 33.5 Å². The largest absolute Gasteiger partial charge is 0.481 e. The number of furan rings is 1. The topological polar surface area (TPSA) is 95.9 Å². The third-order valence-electron chi connectivity index (χ3n) is 5.40. The first kappa shape index (κ1) is 24.5. The molecule has 0 unspecified atom stereocenters. The maximum Gasteiger partial charge on any atom is 0.344 e. The van der Waals surface area contributed by atoms with E-state index in [1.165, 1.54) is 10.9 Å². The molecule has 37 heavy (non-hydrogen) atoms. The Morgan fingerprint density at radius 1 is 1.11 bits per heavy atom. The van der Waals surface area contributed by atoms with Gasteiger partial charge in [0.25, 0.3) is 5.56 Å². The Kier molecular flexibility index (Phi) is 6.87. The smallest absolute Gasteiger partial charge is 0.344 e. The molecule has 0 bridgehead atoms. The fourth-order valence-electron chi connectivity index (χ4n) is 3.79. The first-order valence-corrected chi connectivity index (χ1v) is 12.4. The number of rotatable bonds is 7. The van der Waals surface area contributed by atoms with Crippen LogP contribution in [0.3, 0.4) is 0 Å². The summed E-state index contributed by atoms with van der Waals surface area (Å²) in [5.74, 6) is 0.597. The lowest BCUT2D eigenvalue weighted by Crippen LogP contribution is -2.20. The molecule has 2 aromatic heterocycles. The summed E-state index contributed by atoms with van der Waals surface area (Å²) >= 11 is 3.47. The third-order valence-corrected chi connectivity index (χ3v) is 5.89. The van der Waals surface area contributed by atoms with Crippen molar-refractivity contribution in [2.45, 2.75) is 20.0 Å². The molecule has 0 aliphatic rings. The van der Waals surface area contributed by atoms with E-state index in [-0.39, 0.29) is 24.1 Å². The van der Waals surface area contributed by atoms with Crippen LogP contribution in [0.5, 0.6) is 5.75 Å². The molecule has 0 fully saturated rings. The fraction of sp³-hybridized carbons (Fsp3) is 0.143. The molecular weight excluding hydrogens is 538 g/mol. The van der Waals surface area contributed by atoms with Crippen molar-refractivity contribution in [1.82, 2.24) is 9.66 Å². The van der Waals surface area contributed by atoms with Gasteiger partial charge in [0.15, 0.2) is 12.4 Å². The fourth-order valence-corrected chi connectivity index (χ4v) is 4.17. The molecule has 2 heterocycles. The van der Waals surface area contributed by atoms with Crippen LogP contribution >= 0.6 is 15.9 Å². The summed E-state index contributed by atoms with van der Waals surface area (Å²) in [6.45, 7) is 3.29. The Morgan fingerprint density at radius 3 is 2.73 bits per heavy atom. The van der Waals surface area contributed by atoms with E-state index < -0.39 is 5.97 Å². The zero-order valence-electron chi connectivity index (χ0n) is 20.1. The van der Waals surface area contributed by atoms with Crippen LogP contribution in [0.2, 0.25) is 0 Å². The Bertz CT molecular complexity index is 1700. The highest BCUT2D eigenvalue weighted by atomic mass is 79.9. The van der Waals surface area contributed by atoms with Crippen LogP contribution in [0.15, 0.2) is 91.6 Å². The second kappa shape index (κ2) is 10.4. The van der Waals surface area contributed by atoms with Gasteiger partial charge in [0.2, 0.25) is 5.82 Å². The minimum atomic E-state index is -0.476. The van der Waals surface area contributed by atoms with Crippen molar-refractivity contribution in [1.29, 1.82) is 0 Å².